The van der Waals surface area contributed by atoms with Gasteiger partial charge in [-0.05, 0) is 42.5 Å². The number of rotatable bonds is 3. The molecule has 0 aliphatic carbocycles. The number of halogens is 1. The number of nitrogens with zero attached hydrogens (tertiary/aromatic N) is 3. The van der Waals surface area contributed by atoms with Crippen molar-refractivity contribution in [3.63, 3.8) is 0 Å². The van der Waals surface area contributed by atoms with E-state index in [4.69, 9.17) is 0 Å². The van der Waals surface area contributed by atoms with Gasteiger partial charge in [0.1, 0.15) is 5.82 Å². The van der Waals surface area contributed by atoms with Crippen LogP contribution in [-0.4, -0.2) is 51.2 Å². The Morgan fingerprint density at radius 3 is 2.32 bits per heavy atom. The van der Waals surface area contributed by atoms with Gasteiger partial charge in [-0.2, -0.15) is 0 Å². The summed E-state index contributed by atoms with van der Waals surface area (Å²) in [5.41, 5.74) is 2.73. The lowest BCUT2D eigenvalue weighted by Crippen LogP contribution is -2.50. The Labute approximate surface area is 147 Å². The highest BCUT2D eigenvalue weighted by Gasteiger charge is 2.21. The number of piperazine rings is 1. The zero-order chi connectivity index (χ0) is 17.8. The van der Waals surface area contributed by atoms with Crippen LogP contribution in [0.2, 0.25) is 0 Å². The second kappa shape index (κ2) is 7.42. The van der Waals surface area contributed by atoms with E-state index in [9.17, 15) is 9.18 Å². The summed E-state index contributed by atoms with van der Waals surface area (Å²) in [4.78, 5) is 18.3. The van der Waals surface area contributed by atoms with Crippen molar-refractivity contribution in [2.45, 2.75) is 0 Å². The van der Waals surface area contributed by atoms with E-state index in [0.29, 0.717) is 26.2 Å². The maximum absolute atomic E-state index is 13.3. The normalized spacial score (nSPS) is 14.4. The molecule has 3 rings (SSSR count). The Morgan fingerprint density at radius 1 is 1.04 bits per heavy atom. The summed E-state index contributed by atoms with van der Waals surface area (Å²) in [6, 6.07) is 14.2. The molecule has 0 spiro atoms. The minimum absolute atomic E-state index is 0.100. The van der Waals surface area contributed by atoms with E-state index in [-0.39, 0.29) is 11.8 Å². The van der Waals surface area contributed by atoms with Crippen molar-refractivity contribution < 1.29 is 9.18 Å². The average Bonchev–Trinajstić information content (AvgIpc) is 2.62. The first-order valence-electron chi connectivity index (χ1n) is 8.37. The molecular formula is C19H23FN4O. The molecule has 1 saturated heterocycles. The van der Waals surface area contributed by atoms with Crippen LogP contribution in [0.1, 0.15) is 0 Å². The van der Waals surface area contributed by atoms with E-state index in [1.807, 2.05) is 49.3 Å². The molecule has 1 heterocycles. The fourth-order valence-electron chi connectivity index (χ4n) is 2.89. The number of carbonyl (C=O) groups excluding carboxylic acids is 1. The first-order chi connectivity index (χ1) is 12.0. The number of nitrogens with one attached hydrogen (secondary N) is 1. The van der Waals surface area contributed by atoms with E-state index in [1.165, 1.54) is 12.1 Å². The first-order valence-corrected chi connectivity index (χ1v) is 8.37. The molecule has 6 heteroatoms. The number of hydrogen-bond acceptors (Lipinski definition) is 3. The highest BCUT2D eigenvalue weighted by molar-refractivity contribution is 5.89. The summed E-state index contributed by atoms with van der Waals surface area (Å²) in [6.07, 6.45) is 0. The summed E-state index contributed by atoms with van der Waals surface area (Å²) < 4.78 is 13.3. The second-order valence-corrected chi connectivity index (χ2v) is 6.33. The minimum Gasteiger partial charge on any atom is -0.378 e. The lowest BCUT2D eigenvalue weighted by molar-refractivity contribution is 0.208. The SMILES string of the molecule is CN(C)c1ccc(NC(=O)N2CCN(c3cccc(F)c3)CC2)cc1. The molecule has 0 atom stereocenters. The van der Waals surface area contributed by atoms with E-state index in [1.54, 1.807) is 11.0 Å². The van der Waals surface area contributed by atoms with Gasteiger partial charge in [-0.1, -0.05) is 6.07 Å². The number of benzene rings is 2. The molecule has 25 heavy (non-hydrogen) atoms. The molecule has 1 aliphatic heterocycles. The summed E-state index contributed by atoms with van der Waals surface area (Å²) in [5.74, 6) is -0.237. The molecule has 1 aliphatic rings. The van der Waals surface area contributed by atoms with Crippen molar-refractivity contribution in [2.24, 2.45) is 0 Å². The molecule has 0 saturated carbocycles. The van der Waals surface area contributed by atoms with Gasteiger partial charge < -0.3 is 20.0 Å². The fraction of sp³-hybridized carbons (Fsp3) is 0.316. The predicted octanol–water partition coefficient (Wildman–Crippen LogP) is 3.25. The van der Waals surface area contributed by atoms with Crippen molar-refractivity contribution in [1.29, 1.82) is 0 Å². The van der Waals surface area contributed by atoms with E-state index < -0.39 is 0 Å². The van der Waals surface area contributed by atoms with Crippen molar-refractivity contribution in [3.05, 3.63) is 54.3 Å². The third-order valence-corrected chi connectivity index (χ3v) is 4.38. The number of anilines is 3. The van der Waals surface area contributed by atoms with Crippen molar-refractivity contribution in [2.75, 3.05) is 55.4 Å². The summed E-state index contributed by atoms with van der Waals surface area (Å²) in [7, 11) is 3.96. The Kier molecular flexibility index (Phi) is 5.07. The largest absolute Gasteiger partial charge is 0.378 e. The third-order valence-electron chi connectivity index (χ3n) is 4.38. The molecule has 2 aromatic carbocycles. The summed E-state index contributed by atoms with van der Waals surface area (Å²) >= 11 is 0. The highest BCUT2D eigenvalue weighted by atomic mass is 19.1. The maximum Gasteiger partial charge on any atom is 0.321 e. The molecular weight excluding hydrogens is 319 g/mol. The van der Waals surface area contributed by atoms with Crippen molar-refractivity contribution in [3.8, 4) is 0 Å². The smallest absolute Gasteiger partial charge is 0.321 e. The van der Waals surface area contributed by atoms with Gasteiger partial charge in [-0.25, -0.2) is 9.18 Å². The molecule has 0 radical (unpaired) electrons. The zero-order valence-corrected chi connectivity index (χ0v) is 14.6. The number of carbonyl (C=O) groups is 1. The maximum atomic E-state index is 13.3. The number of amides is 2. The predicted molar refractivity (Wildman–Crippen MR) is 100.0 cm³/mol. The van der Waals surface area contributed by atoms with Crippen LogP contribution < -0.4 is 15.1 Å². The van der Waals surface area contributed by atoms with Gasteiger partial charge in [0.05, 0.1) is 0 Å². The highest BCUT2D eigenvalue weighted by Crippen LogP contribution is 2.19. The van der Waals surface area contributed by atoms with Crippen LogP contribution in [0.25, 0.3) is 0 Å². The van der Waals surface area contributed by atoms with Crippen molar-refractivity contribution >= 4 is 23.1 Å². The summed E-state index contributed by atoms with van der Waals surface area (Å²) in [5, 5.41) is 2.93. The Balaban J connectivity index is 1.54. The molecule has 0 bridgehead atoms. The van der Waals surface area contributed by atoms with Gasteiger partial charge in [-0.3, -0.25) is 0 Å². The van der Waals surface area contributed by atoms with Crippen molar-refractivity contribution in [1.82, 2.24) is 4.90 Å². The molecule has 0 unspecified atom stereocenters. The van der Waals surface area contributed by atoms with Gasteiger partial charge in [0.25, 0.3) is 0 Å². The molecule has 5 nitrogen and oxygen atoms in total. The Hall–Kier alpha value is -2.76. The minimum atomic E-state index is -0.237. The van der Waals surface area contributed by atoms with E-state index >= 15 is 0 Å². The van der Waals surface area contributed by atoms with Gasteiger partial charge in [0.15, 0.2) is 0 Å². The quantitative estimate of drug-likeness (QED) is 0.931. The van der Waals surface area contributed by atoms with Crippen LogP contribution in [0.4, 0.5) is 26.2 Å². The zero-order valence-electron chi connectivity index (χ0n) is 14.6. The molecule has 2 aromatic rings. The van der Waals surface area contributed by atoms with Crippen LogP contribution in [0.5, 0.6) is 0 Å². The fourth-order valence-corrected chi connectivity index (χ4v) is 2.89. The van der Waals surface area contributed by atoms with Crippen LogP contribution in [0, 0.1) is 5.82 Å². The first kappa shape index (κ1) is 17.1. The molecule has 1 N–H and O–H groups in total. The monoisotopic (exact) mass is 342 g/mol. The average molecular weight is 342 g/mol. The van der Waals surface area contributed by atoms with Gasteiger partial charge in [0, 0.05) is 57.3 Å². The Bertz CT molecular complexity index is 724. The third kappa shape index (κ3) is 4.21. The van der Waals surface area contributed by atoms with Gasteiger partial charge >= 0.3 is 6.03 Å². The second-order valence-electron chi connectivity index (χ2n) is 6.33. The molecule has 0 aromatic heterocycles. The van der Waals surface area contributed by atoms with Crippen LogP contribution in [0.3, 0.4) is 0 Å². The van der Waals surface area contributed by atoms with Gasteiger partial charge in [0.2, 0.25) is 0 Å². The van der Waals surface area contributed by atoms with Crippen LogP contribution in [0.15, 0.2) is 48.5 Å². The van der Waals surface area contributed by atoms with Crippen LogP contribution in [-0.2, 0) is 0 Å². The Morgan fingerprint density at radius 2 is 1.72 bits per heavy atom. The topological polar surface area (TPSA) is 38.8 Å². The molecule has 132 valence electrons. The summed E-state index contributed by atoms with van der Waals surface area (Å²) in [6.45, 7) is 2.60. The molecule has 1 fully saturated rings. The van der Waals surface area contributed by atoms with E-state index in [0.717, 1.165) is 17.1 Å². The molecule has 2 amide bonds. The number of urea groups is 1. The standard InChI is InChI=1S/C19H23FN4O/c1-22(2)17-8-6-16(7-9-17)21-19(25)24-12-10-23(11-13-24)18-5-3-4-15(20)14-18/h3-9,14H,10-13H2,1-2H3,(H,21,25). The van der Waals surface area contributed by atoms with E-state index in [2.05, 4.69) is 10.2 Å². The number of hydrogen-bond donors (Lipinski definition) is 1. The van der Waals surface area contributed by atoms with Crippen LogP contribution >= 0.6 is 0 Å². The lowest BCUT2D eigenvalue weighted by atomic mass is 10.2. The lowest BCUT2D eigenvalue weighted by Gasteiger charge is -2.36. The van der Waals surface area contributed by atoms with Gasteiger partial charge in [-0.15, -0.1) is 0 Å².